The van der Waals surface area contributed by atoms with Crippen molar-refractivity contribution in [1.29, 1.82) is 0 Å². The van der Waals surface area contributed by atoms with Gasteiger partial charge in [0.15, 0.2) is 0 Å². The second-order valence-corrected chi connectivity index (χ2v) is 6.17. The molecule has 0 aromatic heterocycles. The summed E-state index contributed by atoms with van der Waals surface area (Å²) in [7, 11) is 0. The van der Waals surface area contributed by atoms with Crippen LogP contribution in [0.3, 0.4) is 0 Å². The van der Waals surface area contributed by atoms with Crippen LogP contribution in [-0.4, -0.2) is 35.0 Å². The van der Waals surface area contributed by atoms with Gasteiger partial charge >= 0.3 is 5.97 Å². The molecule has 1 amide bonds. The number of hydrogen-bond donors (Lipinski definition) is 1. The molecule has 2 unspecified atom stereocenters. The number of aliphatic carboxylic acids is 1. The third-order valence-electron chi connectivity index (χ3n) is 4.56. The molecule has 4 nitrogen and oxygen atoms in total. The van der Waals surface area contributed by atoms with Crippen LogP contribution in [0.5, 0.6) is 0 Å². The first-order valence-electron chi connectivity index (χ1n) is 7.37. The number of rotatable bonds is 6. The van der Waals surface area contributed by atoms with Gasteiger partial charge in [0, 0.05) is 19.0 Å². The molecule has 0 radical (unpaired) electrons. The highest BCUT2D eigenvalue weighted by Gasteiger charge is 2.48. The van der Waals surface area contributed by atoms with Crippen molar-refractivity contribution in [1.82, 2.24) is 4.90 Å². The summed E-state index contributed by atoms with van der Waals surface area (Å²) in [5, 5.41) is 9.48. The fourth-order valence-electron chi connectivity index (χ4n) is 2.86. The molecular weight excluding hydrogens is 242 g/mol. The van der Waals surface area contributed by atoms with E-state index in [1.807, 2.05) is 20.8 Å². The molecule has 1 saturated heterocycles. The fourth-order valence-corrected chi connectivity index (χ4v) is 2.86. The number of carboxylic acid groups (broad SMARTS) is 1. The highest BCUT2D eigenvalue weighted by molar-refractivity contribution is 5.82. The highest BCUT2D eigenvalue weighted by Crippen LogP contribution is 2.38. The van der Waals surface area contributed by atoms with Crippen molar-refractivity contribution in [2.45, 2.75) is 53.4 Å². The molecule has 2 atom stereocenters. The summed E-state index contributed by atoms with van der Waals surface area (Å²) in [6.45, 7) is 8.88. The monoisotopic (exact) mass is 269 g/mol. The van der Waals surface area contributed by atoms with Gasteiger partial charge in [-0.3, -0.25) is 9.59 Å². The minimum absolute atomic E-state index is 0.0108. The lowest BCUT2D eigenvalue weighted by Crippen LogP contribution is -2.41. The molecule has 0 aromatic rings. The van der Waals surface area contributed by atoms with E-state index in [1.165, 1.54) is 0 Å². The Morgan fingerprint density at radius 3 is 2.37 bits per heavy atom. The molecule has 0 aliphatic carbocycles. The molecule has 1 N–H and O–H groups in total. The molecule has 4 heteroatoms. The first-order chi connectivity index (χ1) is 8.85. The molecule has 0 spiro atoms. The molecule has 1 rings (SSSR count). The summed E-state index contributed by atoms with van der Waals surface area (Å²) >= 11 is 0. The molecule has 0 saturated carbocycles. The maximum atomic E-state index is 12.3. The zero-order valence-electron chi connectivity index (χ0n) is 12.6. The smallest absolute Gasteiger partial charge is 0.311 e. The second kappa shape index (κ2) is 6.40. The maximum absolute atomic E-state index is 12.3. The van der Waals surface area contributed by atoms with E-state index in [-0.39, 0.29) is 17.7 Å². The number of likely N-dealkylation sites (tertiary alicyclic amines) is 1. The average molecular weight is 269 g/mol. The van der Waals surface area contributed by atoms with Crippen LogP contribution in [0.1, 0.15) is 53.4 Å². The largest absolute Gasteiger partial charge is 0.481 e. The van der Waals surface area contributed by atoms with Gasteiger partial charge in [0.05, 0.1) is 5.41 Å². The molecule has 19 heavy (non-hydrogen) atoms. The van der Waals surface area contributed by atoms with Crippen LogP contribution in [0.2, 0.25) is 0 Å². The summed E-state index contributed by atoms with van der Waals surface area (Å²) in [5.74, 6) is -0.582. The predicted octanol–water partition coefficient (Wildman–Crippen LogP) is 2.77. The van der Waals surface area contributed by atoms with Crippen LogP contribution in [0, 0.1) is 17.3 Å². The zero-order chi connectivity index (χ0) is 14.6. The predicted molar refractivity (Wildman–Crippen MR) is 74.8 cm³/mol. The lowest BCUT2D eigenvalue weighted by molar-refractivity contribution is -0.151. The lowest BCUT2D eigenvalue weighted by atomic mass is 9.76. The van der Waals surface area contributed by atoms with Crippen LogP contribution in [0.25, 0.3) is 0 Å². The third kappa shape index (κ3) is 3.28. The fraction of sp³-hybridized carbons (Fsp3) is 0.867. The molecule has 110 valence electrons. The van der Waals surface area contributed by atoms with Crippen molar-refractivity contribution in [3.63, 3.8) is 0 Å². The number of amides is 1. The number of hydrogen-bond acceptors (Lipinski definition) is 2. The van der Waals surface area contributed by atoms with Gasteiger partial charge in [-0.05, 0) is 18.8 Å². The van der Waals surface area contributed by atoms with Crippen molar-refractivity contribution >= 4 is 11.9 Å². The van der Waals surface area contributed by atoms with E-state index in [9.17, 15) is 14.7 Å². The van der Waals surface area contributed by atoms with Gasteiger partial charge in [-0.25, -0.2) is 0 Å². The van der Waals surface area contributed by atoms with Crippen LogP contribution in [0.4, 0.5) is 0 Å². The molecule has 1 aliphatic rings. The summed E-state index contributed by atoms with van der Waals surface area (Å²) in [6.07, 6.45) is 3.61. The minimum Gasteiger partial charge on any atom is -0.481 e. The molecule has 0 aromatic carbocycles. The van der Waals surface area contributed by atoms with Gasteiger partial charge < -0.3 is 10.0 Å². The second-order valence-electron chi connectivity index (χ2n) is 6.17. The van der Waals surface area contributed by atoms with Crippen LogP contribution >= 0.6 is 0 Å². The zero-order valence-corrected chi connectivity index (χ0v) is 12.6. The summed E-state index contributed by atoms with van der Waals surface area (Å²) in [6, 6.07) is 0. The SMILES string of the molecule is CCCCC(C)C(=O)N1CCC(C(=O)O)(C(C)C)C1. The van der Waals surface area contributed by atoms with E-state index < -0.39 is 11.4 Å². The van der Waals surface area contributed by atoms with Crippen LogP contribution in [-0.2, 0) is 9.59 Å². The van der Waals surface area contributed by atoms with Gasteiger partial charge in [-0.15, -0.1) is 0 Å². The van der Waals surface area contributed by atoms with E-state index in [0.29, 0.717) is 19.5 Å². The van der Waals surface area contributed by atoms with Gasteiger partial charge in [0.1, 0.15) is 0 Å². The minimum atomic E-state index is -0.765. The first kappa shape index (κ1) is 16.0. The molecular formula is C15H27NO3. The van der Waals surface area contributed by atoms with Gasteiger partial charge in [0.25, 0.3) is 0 Å². The van der Waals surface area contributed by atoms with Crippen molar-refractivity contribution in [3.05, 3.63) is 0 Å². The van der Waals surface area contributed by atoms with Crippen molar-refractivity contribution in [2.75, 3.05) is 13.1 Å². The van der Waals surface area contributed by atoms with E-state index >= 15 is 0 Å². The number of carbonyl (C=O) groups excluding carboxylic acids is 1. The Kier molecular flexibility index (Phi) is 5.39. The Balaban J connectivity index is 2.69. The molecule has 0 bridgehead atoms. The Labute approximate surface area is 116 Å². The van der Waals surface area contributed by atoms with Crippen LogP contribution in [0.15, 0.2) is 0 Å². The van der Waals surface area contributed by atoms with E-state index in [0.717, 1.165) is 19.3 Å². The van der Waals surface area contributed by atoms with E-state index in [1.54, 1.807) is 4.90 Å². The topological polar surface area (TPSA) is 57.6 Å². The van der Waals surface area contributed by atoms with Crippen molar-refractivity contribution < 1.29 is 14.7 Å². The lowest BCUT2D eigenvalue weighted by Gasteiger charge is -2.29. The summed E-state index contributed by atoms with van der Waals surface area (Å²) in [5.41, 5.74) is -0.750. The average Bonchev–Trinajstić information content (AvgIpc) is 2.81. The number of carbonyl (C=O) groups is 2. The molecule has 1 heterocycles. The first-order valence-corrected chi connectivity index (χ1v) is 7.37. The number of unbranched alkanes of at least 4 members (excludes halogenated alkanes) is 1. The Morgan fingerprint density at radius 2 is 1.95 bits per heavy atom. The van der Waals surface area contributed by atoms with E-state index in [4.69, 9.17) is 0 Å². The number of nitrogens with zero attached hydrogens (tertiary/aromatic N) is 1. The molecule has 1 fully saturated rings. The standard InChI is InChI=1S/C15H27NO3/c1-5-6-7-12(4)13(17)16-9-8-15(10-16,11(2)3)14(18)19/h11-12H,5-10H2,1-4H3,(H,18,19). The van der Waals surface area contributed by atoms with Crippen molar-refractivity contribution in [3.8, 4) is 0 Å². The quantitative estimate of drug-likeness (QED) is 0.806. The molecule has 1 aliphatic heterocycles. The van der Waals surface area contributed by atoms with E-state index in [2.05, 4.69) is 6.92 Å². The Hall–Kier alpha value is -1.06. The third-order valence-corrected chi connectivity index (χ3v) is 4.56. The maximum Gasteiger partial charge on any atom is 0.311 e. The summed E-state index contributed by atoms with van der Waals surface area (Å²) < 4.78 is 0. The Bertz CT molecular complexity index is 340. The van der Waals surface area contributed by atoms with Gasteiger partial charge in [0.2, 0.25) is 5.91 Å². The van der Waals surface area contributed by atoms with Gasteiger partial charge in [-0.1, -0.05) is 40.5 Å². The van der Waals surface area contributed by atoms with Crippen molar-refractivity contribution in [2.24, 2.45) is 17.3 Å². The summed E-state index contributed by atoms with van der Waals surface area (Å²) in [4.78, 5) is 25.6. The highest BCUT2D eigenvalue weighted by atomic mass is 16.4. The van der Waals surface area contributed by atoms with Crippen LogP contribution < -0.4 is 0 Å². The number of carboxylic acids is 1. The van der Waals surface area contributed by atoms with Gasteiger partial charge in [-0.2, -0.15) is 0 Å². The Morgan fingerprint density at radius 1 is 1.32 bits per heavy atom. The normalized spacial score (nSPS) is 24.8.